The number of ether oxygens (including phenoxy) is 1. The number of imide groups is 1. The number of aromatic nitrogens is 2. The van der Waals surface area contributed by atoms with Gasteiger partial charge in [-0.25, -0.2) is 9.78 Å². The quantitative estimate of drug-likeness (QED) is 0.356. The van der Waals surface area contributed by atoms with Gasteiger partial charge in [0, 0.05) is 13.1 Å². The molecule has 1 aromatic heterocycles. The Bertz CT molecular complexity index is 912. The molecule has 2 aliphatic rings. The summed E-state index contributed by atoms with van der Waals surface area (Å²) in [6.07, 6.45) is 2.23. The minimum absolute atomic E-state index is 0.0360. The van der Waals surface area contributed by atoms with Gasteiger partial charge < -0.3 is 10.1 Å². The van der Waals surface area contributed by atoms with Gasteiger partial charge in [-0.15, -0.1) is 0 Å². The lowest BCUT2D eigenvalue weighted by Gasteiger charge is -2.36. The highest BCUT2D eigenvalue weighted by Crippen LogP contribution is 2.25. The molecule has 2 saturated heterocycles. The van der Waals surface area contributed by atoms with Gasteiger partial charge in [0.15, 0.2) is 0 Å². The highest BCUT2D eigenvalue weighted by Gasteiger charge is 2.47. The van der Waals surface area contributed by atoms with Gasteiger partial charge in [0.1, 0.15) is 17.3 Å². The van der Waals surface area contributed by atoms with Crippen LogP contribution in [0, 0.1) is 16.7 Å². The summed E-state index contributed by atoms with van der Waals surface area (Å²) in [7, 11) is 0. The van der Waals surface area contributed by atoms with E-state index in [2.05, 4.69) is 31.5 Å². The van der Waals surface area contributed by atoms with Crippen LogP contribution in [0.2, 0.25) is 0 Å². The topological polar surface area (TPSA) is 161 Å². The minimum atomic E-state index is -0.874. The first-order valence-electron chi connectivity index (χ1n) is 9.91. The predicted octanol–water partition coefficient (Wildman–Crippen LogP) is -0.110. The SMILES string of the molecule is CC(C)(C)COc1nc(C#N)ncc1NNC(=O)CN1CCC2(CC1)NC(=O)NC2=O. The second-order valence-corrected chi connectivity index (χ2v) is 8.81. The first-order chi connectivity index (χ1) is 14.6. The maximum atomic E-state index is 12.4. The van der Waals surface area contributed by atoms with Crippen molar-refractivity contribution in [2.24, 2.45) is 5.41 Å². The Hall–Kier alpha value is -3.46. The zero-order valence-electron chi connectivity index (χ0n) is 17.7. The molecule has 0 aliphatic carbocycles. The lowest BCUT2D eigenvalue weighted by Crippen LogP contribution is -2.56. The molecule has 4 amide bonds. The summed E-state index contributed by atoms with van der Waals surface area (Å²) < 4.78 is 5.70. The maximum absolute atomic E-state index is 12.4. The molecule has 0 bridgehead atoms. The second-order valence-electron chi connectivity index (χ2n) is 8.81. The molecule has 1 aromatic rings. The average molecular weight is 430 g/mol. The van der Waals surface area contributed by atoms with Crippen molar-refractivity contribution in [1.29, 1.82) is 5.26 Å². The number of likely N-dealkylation sites (tertiary alicyclic amines) is 1. The molecule has 3 rings (SSSR count). The highest BCUT2D eigenvalue weighted by molar-refractivity contribution is 6.07. The van der Waals surface area contributed by atoms with Crippen LogP contribution in [0.15, 0.2) is 6.20 Å². The van der Waals surface area contributed by atoms with E-state index >= 15 is 0 Å². The summed E-state index contributed by atoms with van der Waals surface area (Å²) in [6.45, 7) is 7.43. The number of hydrogen-bond acceptors (Lipinski definition) is 9. The lowest BCUT2D eigenvalue weighted by molar-refractivity contribution is -0.126. The molecule has 0 unspecified atom stereocenters. The Labute approximate surface area is 179 Å². The van der Waals surface area contributed by atoms with E-state index in [4.69, 9.17) is 10.00 Å². The summed E-state index contributed by atoms with van der Waals surface area (Å²) >= 11 is 0. The molecule has 12 nitrogen and oxygen atoms in total. The normalized spacial score (nSPS) is 18.1. The average Bonchev–Trinajstić information content (AvgIpc) is 2.99. The van der Waals surface area contributed by atoms with Crippen LogP contribution in [0.4, 0.5) is 10.5 Å². The smallest absolute Gasteiger partial charge is 0.322 e. The first-order valence-corrected chi connectivity index (χ1v) is 9.91. The molecule has 0 saturated carbocycles. The lowest BCUT2D eigenvalue weighted by atomic mass is 9.88. The number of carbonyl (C=O) groups is 3. The van der Waals surface area contributed by atoms with Crippen molar-refractivity contribution in [2.45, 2.75) is 39.2 Å². The van der Waals surface area contributed by atoms with Gasteiger partial charge in [0.05, 0.1) is 19.3 Å². The summed E-state index contributed by atoms with van der Waals surface area (Å²) in [5.74, 6) is -0.482. The number of urea groups is 1. The second kappa shape index (κ2) is 8.73. The summed E-state index contributed by atoms with van der Waals surface area (Å²) in [4.78, 5) is 45.6. The molecule has 0 atom stereocenters. The van der Waals surface area contributed by atoms with Crippen molar-refractivity contribution >= 4 is 23.5 Å². The molecule has 3 heterocycles. The number of nitrogens with one attached hydrogen (secondary N) is 4. The Kier molecular flexibility index (Phi) is 6.26. The van der Waals surface area contributed by atoms with Gasteiger partial charge in [0.25, 0.3) is 11.8 Å². The molecule has 0 radical (unpaired) electrons. The van der Waals surface area contributed by atoms with Gasteiger partial charge in [-0.2, -0.15) is 10.2 Å². The number of rotatable bonds is 6. The van der Waals surface area contributed by atoms with Crippen LogP contribution in [-0.4, -0.2) is 64.5 Å². The third kappa shape index (κ3) is 5.58. The number of hydrazine groups is 1. The van der Waals surface area contributed by atoms with Crippen molar-refractivity contribution in [3.05, 3.63) is 12.0 Å². The fraction of sp³-hybridized carbons (Fsp3) is 0.579. The van der Waals surface area contributed by atoms with Gasteiger partial charge in [-0.1, -0.05) is 20.8 Å². The van der Waals surface area contributed by atoms with Gasteiger partial charge in [-0.05, 0) is 18.3 Å². The van der Waals surface area contributed by atoms with E-state index in [0.717, 1.165) is 0 Å². The van der Waals surface area contributed by atoms with Crippen LogP contribution in [0.5, 0.6) is 5.88 Å². The van der Waals surface area contributed by atoms with Gasteiger partial charge >= 0.3 is 6.03 Å². The van der Waals surface area contributed by atoms with E-state index in [9.17, 15) is 14.4 Å². The maximum Gasteiger partial charge on any atom is 0.322 e. The molecule has 1 spiro atoms. The third-order valence-corrected chi connectivity index (χ3v) is 4.92. The van der Waals surface area contributed by atoms with Crippen LogP contribution in [0.25, 0.3) is 0 Å². The standard InChI is InChI=1S/C19H26N8O4/c1-18(2,3)11-31-15-12(9-21-13(8-20)22-15)25-26-14(28)10-27-6-4-19(5-7-27)16(29)23-17(30)24-19/h9,25H,4-7,10-11H2,1-3H3,(H,26,28)(H2,23,24,29,30). The van der Waals surface area contributed by atoms with E-state index in [0.29, 0.717) is 38.2 Å². The Morgan fingerprint density at radius 2 is 2.06 bits per heavy atom. The van der Waals surface area contributed by atoms with Crippen LogP contribution in [0.3, 0.4) is 0 Å². The molecule has 4 N–H and O–H groups in total. The zero-order chi connectivity index (χ0) is 22.6. The summed E-state index contributed by atoms with van der Waals surface area (Å²) in [6, 6.07) is 1.38. The fourth-order valence-electron chi connectivity index (χ4n) is 3.25. The Morgan fingerprint density at radius 1 is 1.35 bits per heavy atom. The largest absolute Gasteiger partial charge is 0.475 e. The van der Waals surface area contributed by atoms with Crippen LogP contribution in [0.1, 0.15) is 39.4 Å². The monoisotopic (exact) mass is 430 g/mol. The summed E-state index contributed by atoms with van der Waals surface area (Å²) in [5.41, 5.74) is 4.65. The van der Waals surface area contributed by atoms with Crippen molar-refractivity contribution < 1.29 is 19.1 Å². The zero-order valence-corrected chi connectivity index (χ0v) is 17.7. The number of carbonyl (C=O) groups excluding carboxylic acids is 3. The number of nitriles is 1. The molecule has 12 heteroatoms. The highest BCUT2D eigenvalue weighted by atomic mass is 16.5. The van der Waals surface area contributed by atoms with E-state index in [1.54, 1.807) is 0 Å². The third-order valence-electron chi connectivity index (χ3n) is 4.92. The molecular weight excluding hydrogens is 404 g/mol. The molecular formula is C19H26N8O4. The van der Waals surface area contributed by atoms with E-state index in [-0.39, 0.29) is 35.5 Å². The first kappa shape index (κ1) is 22.2. The van der Waals surface area contributed by atoms with Crippen molar-refractivity contribution in [2.75, 3.05) is 31.7 Å². The van der Waals surface area contributed by atoms with Crippen molar-refractivity contribution in [1.82, 2.24) is 30.9 Å². The Morgan fingerprint density at radius 3 is 2.65 bits per heavy atom. The van der Waals surface area contributed by atoms with Gasteiger partial charge in [-0.3, -0.25) is 30.7 Å². The number of anilines is 1. The van der Waals surface area contributed by atoms with Crippen LogP contribution >= 0.6 is 0 Å². The van der Waals surface area contributed by atoms with Crippen molar-refractivity contribution in [3.63, 3.8) is 0 Å². The van der Waals surface area contributed by atoms with E-state index < -0.39 is 11.6 Å². The Balaban J connectivity index is 1.52. The van der Waals surface area contributed by atoms with E-state index in [1.807, 2.05) is 31.7 Å². The molecule has 31 heavy (non-hydrogen) atoms. The fourth-order valence-corrected chi connectivity index (χ4v) is 3.25. The van der Waals surface area contributed by atoms with Gasteiger partial charge in [0.2, 0.25) is 11.7 Å². The number of nitrogens with zero attached hydrogens (tertiary/aromatic N) is 4. The summed E-state index contributed by atoms with van der Waals surface area (Å²) in [5, 5.41) is 14.0. The molecule has 2 aliphatic heterocycles. The number of hydrogen-bond donors (Lipinski definition) is 4. The van der Waals surface area contributed by atoms with Crippen LogP contribution in [-0.2, 0) is 9.59 Å². The van der Waals surface area contributed by atoms with E-state index in [1.165, 1.54) is 6.20 Å². The minimum Gasteiger partial charge on any atom is -0.475 e. The molecule has 166 valence electrons. The molecule has 0 aromatic carbocycles. The predicted molar refractivity (Wildman–Crippen MR) is 109 cm³/mol. The number of piperidine rings is 1. The molecule has 2 fully saturated rings. The van der Waals surface area contributed by atoms with Crippen molar-refractivity contribution in [3.8, 4) is 11.9 Å². The van der Waals surface area contributed by atoms with Crippen LogP contribution < -0.4 is 26.2 Å². The number of amides is 4.